The van der Waals surface area contributed by atoms with Crippen molar-refractivity contribution in [3.63, 3.8) is 0 Å². The molecule has 0 atom stereocenters. The van der Waals surface area contributed by atoms with Crippen molar-refractivity contribution < 1.29 is 9.53 Å². The molecule has 3 aromatic rings. The zero-order valence-electron chi connectivity index (χ0n) is 16.0. The molecule has 4 rings (SSSR count). The first kappa shape index (κ1) is 17.5. The Hall–Kier alpha value is -2.86. The second-order valence-corrected chi connectivity index (χ2v) is 7.03. The van der Waals surface area contributed by atoms with Crippen molar-refractivity contribution in [1.29, 1.82) is 0 Å². The van der Waals surface area contributed by atoms with E-state index in [0.717, 1.165) is 28.2 Å². The highest BCUT2D eigenvalue weighted by molar-refractivity contribution is 5.94. The SMILES string of the molecule is Cc1ccc(C)c(-n2nc(-c3cccn3C)cc2C(=O)N2CCOCC2)c1. The third kappa shape index (κ3) is 3.28. The average molecular weight is 364 g/mol. The molecule has 0 N–H and O–H groups in total. The Balaban J connectivity index is 1.85. The van der Waals surface area contributed by atoms with E-state index in [4.69, 9.17) is 9.84 Å². The minimum atomic E-state index is -0.00725. The van der Waals surface area contributed by atoms with E-state index >= 15 is 0 Å². The molecule has 140 valence electrons. The largest absolute Gasteiger partial charge is 0.378 e. The molecule has 3 heterocycles. The van der Waals surface area contributed by atoms with Gasteiger partial charge in [-0.1, -0.05) is 12.1 Å². The summed E-state index contributed by atoms with van der Waals surface area (Å²) < 4.78 is 9.20. The monoisotopic (exact) mass is 364 g/mol. The molecular weight excluding hydrogens is 340 g/mol. The van der Waals surface area contributed by atoms with Crippen LogP contribution in [0.5, 0.6) is 0 Å². The smallest absolute Gasteiger partial charge is 0.272 e. The van der Waals surface area contributed by atoms with E-state index in [2.05, 4.69) is 18.2 Å². The maximum atomic E-state index is 13.3. The predicted octanol–water partition coefficient (Wildman–Crippen LogP) is 2.97. The summed E-state index contributed by atoms with van der Waals surface area (Å²) in [6.07, 6.45) is 1.98. The van der Waals surface area contributed by atoms with E-state index in [9.17, 15) is 4.79 Å². The van der Waals surface area contributed by atoms with Crippen molar-refractivity contribution in [2.24, 2.45) is 7.05 Å². The van der Waals surface area contributed by atoms with Crippen molar-refractivity contribution in [2.45, 2.75) is 13.8 Å². The van der Waals surface area contributed by atoms with Gasteiger partial charge in [0.05, 0.1) is 24.6 Å². The lowest BCUT2D eigenvalue weighted by Crippen LogP contribution is -2.41. The van der Waals surface area contributed by atoms with Crippen LogP contribution in [0.3, 0.4) is 0 Å². The quantitative estimate of drug-likeness (QED) is 0.718. The van der Waals surface area contributed by atoms with Gasteiger partial charge >= 0.3 is 0 Å². The van der Waals surface area contributed by atoms with Crippen LogP contribution in [0.4, 0.5) is 0 Å². The van der Waals surface area contributed by atoms with Gasteiger partial charge in [-0.05, 0) is 49.2 Å². The van der Waals surface area contributed by atoms with E-state index in [0.29, 0.717) is 32.0 Å². The van der Waals surface area contributed by atoms with Gasteiger partial charge < -0.3 is 14.2 Å². The molecule has 1 aliphatic rings. The molecule has 2 aromatic heterocycles. The fraction of sp³-hybridized carbons (Fsp3) is 0.333. The standard InChI is InChI=1S/C21H24N4O2/c1-15-6-7-16(2)19(13-15)25-20(21(26)24-9-11-27-12-10-24)14-17(22-25)18-5-4-8-23(18)3/h4-8,13-14H,9-12H2,1-3H3. The summed E-state index contributed by atoms with van der Waals surface area (Å²) in [4.78, 5) is 15.1. The van der Waals surface area contributed by atoms with Gasteiger partial charge in [0, 0.05) is 26.3 Å². The number of nitrogens with zero attached hydrogens (tertiary/aromatic N) is 4. The number of carbonyl (C=O) groups excluding carboxylic acids is 1. The van der Waals surface area contributed by atoms with Crippen LogP contribution in [0.1, 0.15) is 21.6 Å². The summed E-state index contributed by atoms with van der Waals surface area (Å²) in [5.41, 5.74) is 5.51. The molecular formula is C21H24N4O2. The summed E-state index contributed by atoms with van der Waals surface area (Å²) >= 11 is 0. The molecule has 0 bridgehead atoms. The van der Waals surface area contributed by atoms with Crippen LogP contribution in [0.2, 0.25) is 0 Å². The molecule has 0 radical (unpaired) electrons. The zero-order valence-corrected chi connectivity index (χ0v) is 16.0. The normalized spacial score (nSPS) is 14.6. The zero-order chi connectivity index (χ0) is 19.0. The molecule has 0 saturated carbocycles. The van der Waals surface area contributed by atoms with Gasteiger partial charge in [0.2, 0.25) is 0 Å². The lowest BCUT2D eigenvalue weighted by Gasteiger charge is -2.27. The third-order valence-electron chi connectivity index (χ3n) is 5.03. The number of benzene rings is 1. The molecule has 1 fully saturated rings. The van der Waals surface area contributed by atoms with Crippen LogP contribution in [-0.4, -0.2) is 51.5 Å². The van der Waals surface area contributed by atoms with Crippen LogP contribution < -0.4 is 0 Å². The van der Waals surface area contributed by atoms with Gasteiger partial charge in [-0.25, -0.2) is 4.68 Å². The molecule has 0 spiro atoms. The van der Waals surface area contributed by atoms with E-state index in [-0.39, 0.29) is 5.91 Å². The number of rotatable bonds is 3. The van der Waals surface area contributed by atoms with Gasteiger partial charge in [-0.3, -0.25) is 4.79 Å². The Morgan fingerprint density at radius 1 is 1.11 bits per heavy atom. The molecule has 1 aromatic carbocycles. The van der Waals surface area contributed by atoms with Crippen LogP contribution >= 0.6 is 0 Å². The molecule has 1 aliphatic heterocycles. The fourth-order valence-electron chi connectivity index (χ4n) is 3.45. The fourth-order valence-corrected chi connectivity index (χ4v) is 3.45. The molecule has 0 aliphatic carbocycles. The van der Waals surface area contributed by atoms with Crippen molar-refractivity contribution in [3.8, 4) is 17.1 Å². The molecule has 27 heavy (non-hydrogen) atoms. The van der Waals surface area contributed by atoms with Crippen molar-refractivity contribution >= 4 is 5.91 Å². The van der Waals surface area contributed by atoms with Crippen molar-refractivity contribution in [2.75, 3.05) is 26.3 Å². The van der Waals surface area contributed by atoms with E-state index in [1.807, 2.05) is 54.8 Å². The van der Waals surface area contributed by atoms with Crippen molar-refractivity contribution in [1.82, 2.24) is 19.2 Å². The number of carbonyl (C=O) groups is 1. The van der Waals surface area contributed by atoms with Crippen molar-refractivity contribution in [3.05, 3.63) is 59.4 Å². The maximum absolute atomic E-state index is 13.3. The summed E-state index contributed by atoms with van der Waals surface area (Å²) in [5, 5.41) is 4.82. The second-order valence-electron chi connectivity index (χ2n) is 7.03. The third-order valence-corrected chi connectivity index (χ3v) is 5.03. The van der Waals surface area contributed by atoms with Crippen LogP contribution in [0.15, 0.2) is 42.6 Å². The minimum absolute atomic E-state index is 0.00725. The Morgan fingerprint density at radius 3 is 2.59 bits per heavy atom. The second kappa shape index (κ2) is 7.04. The summed E-state index contributed by atoms with van der Waals surface area (Å²) in [5.74, 6) is -0.00725. The number of hydrogen-bond acceptors (Lipinski definition) is 3. The van der Waals surface area contributed by atoms with E-state index in [1.54, 1.807) is 4.68 Å². The summed E-state index contributed by atoms with van der Waals surface area (Å²) in [6.45, 7) is 6.46. The minimum Gasteiger partial charge on any atom is -0.378 e. The first-order chi connectivity index (χ1) is 13.0. The van der Waals surface area contributed by atoms with E-state index in [1.165, 1.54) is 0 Å². The number of ether oxygens (including phenoxy) is 1. The van der Waals surface area contributed by atoms with Crippen LogP contribution in [0, 0.1) is 13.8 Å². The lowest BCUT2D eigenvalue weighted by atomic mass is 10.1. The lowest BCUT2D eigenvalue weighted by molar-refractivity contribution is 0.0297. The van der Waals surface area contributed by atoms with Gasteiger partial charge in [0.1, 0.15) is 11.4 Å². The Bertz CT molecular complexity index is 980. The first-order valence-corrected chi connectivity index (χ1v) is 9.21. The first-order valence-electron chi connectivity index (χ1n) is 9.21. The van der Waals surface area contributed by atoms with Gasteiger partial charge in [0.15, 0.2) is 0 Å². The summed E-state index contributed by atoms with van der Waals surface area (Å²) in [7, 11) is 1.98. The predicted molar refractivity (Wildman–Crippen MR) is 104 cm³/mol. The number of aryl methyl sites for hydroxylation is 3. The van der Waals surface area contributed by atoms with Gasteiger partial charge in [-0.2, -0.15) is 5.10 Å². The Morgan fingerprint density at radius 2 is 1.89 bits per heavy atom. The Labute approximate surface area is 159 Å². The highest BCUT2D eigenvalue weighted by atomic mass is 16.5. The topological polar surface area (TPSA) is 52.3 Å². The molecule has 6 nitrogen and oxygen atoms in total. The number of morpholine rings is 1. The molecule has 1 amide bonds. The van der Waals surface area contributed by atoms with E-state index < -0.39 is 0 Å². The van der Waals surface area contributed by atoms with Crippen LogP contribution in [-0.2, 0) is 11.8 Å². The number of amides is 1. The number of aromatic nitrogens is 3. The number of hydrogen-bond donors (Lipinski definition) is 0. The summed E-state index contributed by atoms with van der Waals surface area (Å²) in [6, 6.07) is 12.1. The highest BCUT2D eigenvalue weighted by Gasteiger charge is 2.25. The molecule has 1 saturated heterocycles. The average Bonchev–Trinajstić information content (AvgIpc) is 3.30. The van der Waals surface area contributed by atoms with Gasteiger partial charge in [-0.15, -0.1) is 0 Å². The maximum Gasteiger partial charge on any atom is 0.272 e. The molecule has 6 heteroatoms. The highest BCUT2D eigenvalue weighted by Crippen LogP contribution is 2.25. The van der Waals surface area contributed by atoms with Gasteiger partial charge in [0.25, 0.3) is 5.91 Å². The van der Waals surface area contributed by atoms with Crippen LogP contribution in [0.25, 0.3) is 17.1 Å². The molecule has 0 unspecified atom stereocenters. The Kier molecular flexibility index (Phi) is 4.58.